The van der Waals surface area contributed by atoms with E-state index in [0.717, 1.165) is 57.1 Å². The molecular weight excluding hydrogens is 278 g/mol. The Morgan fingerprint density at radius 2 is 2.18 bits per heavy atom. The Morgan fingerprint density at radius 3 is 2.86 bits per heavy atom. The van der Waals surface area contributed by atoms with Crippen molar-refractivity contribution in [3.63, 3.8) is 0 Å². The lowest BCUT2D eigenvalue weighted by atomic mass is 10.0. The van der Waals surface area contributed by atoms with Crippen molar-refractivity contribution in [2.45, 2.75) is 25.3 Å². The van der Waals surface area contributed by atoms with Crippen molar-refractivity contribution in [3.8, 4) is 0 Å². The third kappa shape index (κ3) is 3.50. The minimum atomic E-state index is -0.375. The standard InChI is InChI=1S/C16H23N5O/c17-15(22)12-3-1-4-14(11-12)21-9-5-13(6-10-21)20-16-18-7-2-8-19-16/h1,3-4,11,13H,2,5-10H2,(H2,17,22)(H2,18,19,20). The van der Waals surface area contributed by atoms with Crippen molar-refractivity contribution in [2.24, 2.45) is 10.7 Å². The van der Waals surface area contributed by atoms with Crippen molar-refractivity contribution >= 4 is 17.6 Å². The van der Waals surface area contributed by atoms with E-state index < -0.39 is 0 Å². The van der Waals surface area contributed by atoms with Crippen LogP contribution in [0.25, 0.3) is 0 Å². The second-order valence-corrected chi connectivity index (χ2v) is 5.83. The number of nitrogens with one attached hydrogen (secondary N) is 2. The Morgan fingerprint density at radius 1 is 1.36 bits per heavy atom. The monoisotopic (exact) mass is 301 g/mol. The molecular formula is C16H23N5O. The van der Waals surface area contributed by atoms with Gasteiger partial charge in [0.25, 0.3) is 0 Å². The summed E-state index contributed by atoms with van der Waals surface area (Å²) < 4.78 is 0. The molecule has 0 saturated carbocycles. The van der Waals surface area contributed by atoms with Gasteiger partial charge in [0.15, 0.2) is 5.96 Å². The summed E-state index contributed by atoms with van der Waals surface area (Å²) >= 11 is 0. The van der Waals surface area contributed by atoms with Gasteiger partial charge >= 0.3 is 0 Å². The number of primary amides is 1. The van der Waals surface area contributed by atoms with Crippen LogP contribution in [0.15, 0.2) is 29.3 Å². The molecule has 2 aliphatic heterocycles. The molecule has 22 heavy (non-hydrogen) atoms. The molecule has 1 saturated heterocycles. The number of amides is 1. The first-order valence-electron chi connectivity index (χ1n) is 7.92. The fourth-order valence-corrected chi connectivity index (χ4v) is 2.96. The number of carbonyl (C=O) groups is 1. The maximum absolute atomic E-state index is 11.3. The first-order valence-corrected chi connectivity index (χ1v) is 7.92. The molecule has 6 nitrogen and oxygen atoms in total. The topological polar surface area (TPSA) is 82.8 Å². The van der Waals surface area contributed by atoms with Crippen LogP contribution in [0.2, 0.25) is 0 Å². The number of hydrogen-bond acceptors (Lipinski definition) is 5. The quantitative estimate of drug-likeness (QED) is 0.767. The van der Waals surface area contributed by atoms with Gasteiger partial charge in [-0.3, -0.25) is 9.79 Å². The van der Waals surface area contributed by atoms with Gasteiger partial charge in [0.05, 0.1) is 0 Å². The maximum Gasteiger partial charge on any atom is 0.248 e. The maximum atomic E-state index is 11.3. The summed E-state index contributed by atoms with van der Waals surface area (Å²) in [7, 11) is 0. The number of guanidine groups is 1. The van der Waals surface area contributed by atoms with E-state index in [-0.39, 0.29) is 5.91 Å². The highest BCUT2D eigenvalue weighted by Gasteiger charge is 2.21. The Kier molecular flexibility index (Phi) is 4.46. The summed E-state index contributed by atoms with van der Waals surface area (Å²) in [5, 5.41) is 6.80. The van der Waals surface area contributed by atoms with Crippen LogP contribution in [0.5, 0.6) is 0 Å². The molecule has 1 aromatic rings. The number of anilines is 1. The second-order valence-electron chi connectivity index (χ2n) is 5.83. The van der Waals surface area contributed by atoms with Gasteiger partial charge in [0, 0.05) is 43.5 Å². The van der Waals surface area contributed by atoms with Crippen LogP contribution in [0.4, 0.5) is 5.69 Å². The summed E-state index contributed by atoms with van der Waals surface area (Å²) in [6.07, 6.45) is 3.23. The van der Waals surface area contributed by atoms with E-state index in [1.54, 1.807) is 6.07 Å². The van der Waals surface area contributed by atoms with Gasteiger partial charge < -0.3 is 21.3 Å². The number of benzene rings is 1. The largest absolute Gasteiger partial charge is 0.371 e. The van der Waals surface area contributed by atoms with Crippen LogP contribution in [-0.4, -0.2) is 44.1 Å². The van der Waals surface area contributed by atoms with Gasteiger partial charge in [-0.2, -0.15) is 0 Å². The molecule has 2 heterocycles. The van der Waals surface area contributed by atoms with Gasteiger partial charge in [-0.15, -0.1) is 0 Å². The molecule has 0 bridgehead atoms. The molecule has 0 radical (unpaired) electrons. The van der Waals surface area contributed by atoms with Gasteiger partial charge in [-0.05, 0) is 37.5 Å². The molecule has 1 fully saturated rings. The first-order chi connectivity index (χ1) is 10.7. The number of rotatable bonds is 3. The molecule has 1 aromatic carbocycles. The summed E-state index contributed by atoms with van der Waals surface area (Å²) in [5.74, 6) is 0.570. The Balaban J connectivity index is 1.56. The van der Waals surface area contributed by atoms with Crippen LogP contribution < -0.4 is 21.3 Å². The minimum absolute atomic E-state index is 0.375. The number of nitrogens with two attached hydrogens (primary N) is 1. The average Bonchev–Trinajstić information content (AvgIpc) is 2.56. The van der Waals surface area contributed by atoms with E-state index in [1.165, 1.54) is 0 Å². The molecule has 0 aromatic heterocycles. The molecule has 0 unspecified atom stereocenters. The van der Waals surface area contributed by atoms with Gasteiger partial charge in [-0.25, -0.2) is 0 Å². The summed E-state index contributed by atoms with van der Waals surface area (Å²) in [4.78, 5) is 18.1. The van der Waals surface area contributed by atoms with Gasteiger partial charge in [0.1, 0.15) is 0 Å². The van der Waals surface area contributed by atoms with E-state index in [0.29, 0.717) is 11.6 Å². The molecule has 4 N–H and O–H groups in total. The second kappa shape index (κ2) is 6.68. The summed E-state index contributed by atoms with van der Waals surface area (Å²) in [6.45, 7) is 3.85. The van der Waals surface area contributed by atoms with E-state index in [4.69, 9.17) is 5.73 Å². The molecule has 0 spiro atoms. The number of aliphatic imine (C=N–C) groups is 1. The number of piperidine rings is 1. The van der Waals surface area contributed by atoms with Crippen molar-refractivity contribution in [1.29, 1.82) is 0 Å². The van der Waals surface area contributed by atoms with Crippen LogP contribution in [0.1, 0.15) is 29.6 Å². The SMILES string of the molecule is NC(=O)c1cccc(N2CCC(NC3=NCCCN3)CC2)c1. The molecule has 118 valence electrons. The zero-order valence-corrected chi connectivity index (χ0v) is 12.7. The van der Waals surface area contributed by atoms with E-state index in [1.807, 2.05) is 18.2 Å². The van der Waals surface area contributed by atoms with Crippen LogP contribution >= 0.6 is 0 Å². The van der Waals surface area contributed by atoms with Crippen LogP contribution in [0.3, 0.4) is 0 Å². The summed E-state index contributed by atoms with van der Waals surface area (Å²) in [6, 6.07) is 8.02. The predicted octanol–water partition coefficient (Wildman–Crippen LogP) is 0.693. The molecule has 1 amide bonds. The number of hydrogen-bond donors (Lipinski definition) is 3. The van der Waals surface area contributed by atoms with Crippen molar-refractivity contribution in [1.82, 2.24) is 10.6 Å². The zero-order valence-electron chi connectivity index (χ0n) is 12.7. The van der Waals surface area contributed by atoms with Crippen LogP contribution in [-0.2, 0) is 0 Å². The molecule has 3 rings (SSSR count). The van der Waals surface area contributed by atoms with Crippen molar-refractivity contribution < 1.29 is 4.79 Å². The third-order valence-corrected chi connectivity index (χ3v) is 4.23. The average molecular weight is 301 g/mol. The Labute approximate surface area is 130 Å². The number of carbonyl (C=O) groups excluding carboxylic acids is 1. The lowest BCUT2D eigenvalue weighted by Gasteiger charge is -2.35. The molecule has 6 heteroatoms. The highest BCUT2D eigenvalue weighted by atomic mass is 16.1. The Bertz CT molecular complexity index is 563. The van der Waals surface area contributed by atoms with E-state index in [2.05, 4.69) is 20.5 Å². The van der Waals surface area contributed by atoms with E-state index >= 15 is 0 Å². The Hall–Kier alpha value is -2.24. The fraction of sp³-hybridized carbons (Fsp3) is 0.500. The third-order valence-electron chi connectivity index (χ3n) is 4.23. The molecule has 0 aliphatic carbocycles. The number of nitrogens with zero attached hydrogens (tertiary/aromatic N) is 2. The van der Waals surface area contributed by atoms with Crippen LogP contribution in [0, 0.1) is 0 Å². The highest BCUT2D eigenvalue weighted by Crippen LogP contribution is 2.21. The minimum Gasteiger partial charge on any atom is -0.371 e. The first kappa shape index (κ1) is 14.7. The van der Waals surface area contributed by atoms with Crippen molar-refractivity contribution in [2.75, 3.05) is 31.1 Å². The van der Waals surface area contributed by atoms with E-state index in [9.17, 15) is 4.79 Å². The van der Waals surface area contributed by atoms with Gasteiger partial charge in [0.2, 0.25) is 5.91 Å². The van der Waals surface area contributed by atoms with Gasteiger partial charge in [-0.1, -0.05) is 6.07 Å². The molecule has 2 aliphatic rings. The lowest BCUT2D eigenvalue weighted by Crippen LogP contribution is -2.50. The summed E-state index contributed by atoms with van der Waals surface area (Å²) in [5.41, 5.74) is 6.99. The normalized spacial score (nSPS) is 19.3. The lowest BCUT2D eigenvalue weighted by molar-refractivity contribution is 0.100. The predicted molar refractivity (Wildman–Crippen MR) is 88.3 cm³/mol. The zero-order chi connectivity index (χ0) is 15.4. The fourth-order valence-electron chi connectivity index (χ4n) is 2.96. The molecule has 0 atom stereocenters. The van der Waals surface area contributed by atoms with Crippen molar-refractivity contribution in [3.05, 3.63) is 29.8 Å². The highest BCUT2D eigenvalue weighted by molar-refractivity contribution is 5.93. The smallest absolute Gasteiger partial charge is 0.248 e.